The van der Waals surface area contributed by atoms with Gasteiger partial charge >= 0.3 is 0 Å². The summed E-state index contributed by atoms with van der Waals surface area (Å²) < 4.78 is 4.82. The van der Waals surface area contributed by atoms with Gasteiger partial charge in [-0.3, -0.25) is 18.8 Å². The Kier molecular flexibility index (Phi) is 4.88. The highest BCUT2D eigenvalue weighted by Gasteiger charge is 2.26. The van der Waals surface area contributed by atoms with Crippen LogP contribution in [0.5, 0.6) is 0 Å². The van der Waals surface area contributed by atoms with Crippen molar-refractivity contribution in [1.29, 1.82) is 0 Å². The van der Waals surface area contributed by atoms with E-state index in [0.29, 0.717) is 34.4 Å². The van der Waals surface area contributed by atoms with Crippen LogP contribution >= 0.6 is 0 Å². The second-order valence-corrected chi connectivity index (χ2v) is 8.20. The number of aromatic nitrogens is 6. The molecule has 170 valence electrons. The molecule has 0 aliphatic heterocycles. The number of rotatable bonds is 6. The molecular formula is C22H25N9O2. The molecule has 0 aromatic carbocycles. The van der Waals surface area contributed by atoms with E-state index in [0.717, 1.165) is 24.1 Å². The highest BCUT2D eigenvalue weighted by Crippen LogP contribution is 2.23. The number of aryl methyl sites for hydroxylation is 1. The summed E-state index contributed by atoms with van der Waals surface area (Å²) in [5.74, 6) is 1.41. The lowest BCUT2D eigenvalue weighted by Gasteiger charge is -2.11. The van der Waals surface area contributed by atoms with E-state index < -0.39 is 0 Å². The molecule has 4 aromatic rings. The summed E-state index contributed by atoms with van der Waals surface area (Å²) in [7, 11) is 3.60. The molecule has 33 heavy (non-hydrogen) atoms. The minimum absolute atomic E-state index is 0.206. The molecule has 0 bridgehead atoms. The number of anilines is 3. The number of carbonyl (C=O) groups is 1. The van der Waals surface area contributed by atoms with Gasteiger partial charge in [-0.05, 0) is 38.8 Å². The van der Waals surface area contributed by atoms with Crippen LogP contribution in [0.15, 0.2) is 35.4 Å². The summed E-state index contributed by atoms with van der Waals surface area (Å²) in [5, 5.41) is 17.9. The van der Waals surface area contributed by atoms with E-state index in [1.165, 1.54) is 10.8 Å². The third-order valence-corrected chi connectivity index (χ3v) is 5.93. The summed E-state index contributed by atoms with van der Waals surface area (Å²) in [6.45, 7) is 3.90. The Hall–Kier alpha value is -4.15. The van der Waals surface area contributed by atoms with Crippen molar-refractivity contribution in [3.8, 4) is 5.82 Å². The van der Waals surface area contributed by atoms with Gasteiger partial charge in [0.05, 0.1) is 6.20 Å². The van der Waals surface area contributed by atoms with Gasteiger partial charge in [-0.1, -0.05) is 0 Å². The van der Waals surface area contributed by atoms with Crippen LogP contribution in [0.4, 0.5) is 17.3 Å². The summed E-state index contributed by atoms with van der Waals surface area (Å²) in [6, 6.07) is 5.42. The molecule has 11 nitrogen and oxygen atoms in total. The standard InChI is InChI=1S/C22H25N9O2/c1-12-13(2)29(4)28-19(12)30-9-5-6-16(22(30)33)26-17-10-18(23-3)31-20(27-17)15(11-24-31)21(32)25-14-7-8-14/h5-6,9-11,14,23H,7-8H2,1-4H3,(H,25,32)(H,26,27). The molecule has 0 spiro atoms. The van der Waals surface area contributed by atoms with Crippen molar-refractivity contribution in [2.45, 2.75) is 32.7 Å². The van der Waals surface area contributed by atoms with E-state index >= 15 is 0 Å². The van der Waals surface area contributed by atoms with Crippen LogP contribution in [0, 0.1) is 13.8 Å². The molecule has 0 saturated heterocycles. The number of carbonyl (C=O) groups excluding carboxylic acids is 1. The number of fused-ring (bicyclic) bond motifs is 1. The molecule has 1 saturated carbocycles. The first-order valence-electron chi connectivity index (χ1n) is 10.7. The van der Waals surface area contributed by atoms with E-state index in [1.54, 1.807) is 40.6 Å². The maximum Gasteiger partial charge on any atom is 0.280 e. The molecular weight excluding hydrogens is 422 g/mol. The highest BCUT2D eigenvalue weighted by atomic mass is 16.2. The third-order valence-electron chi connectivity index (χ3n) is 5.93. The molecule has 1 fully saturated rings. The van der Waals surface area contributed by atoms with E-state index in [-0.39, 0.29) is 17.5 Å². The Morgan fingerprint density at radius 3 is 2.70 bits per heavy atom. The molecule has 11 heteroatoms. The zero-order chi connectivity index (χ0) is 23.3. The van der Waals surface area contributed by atoms with Gasteiger partial charge in [0.15, 0.2) is 11.5 Å². The average Bonchev–Trinajstić information content (AvgIpc) is 3.45. The predicted molar refractivity (Wildman–Crippen MR) is 125 cm³/mol. The molecule has 4 aromatic heterocycles. The average molecular weight is 448 g/mol. The van der Waals surface area contributed by atoms with Crippen LogP contribution in [-0.4, -0.2) is 47.9 Å². The first kappa shape index (κ1) is 20.7. The van der Waals surface area contributed by atoms with E-state index in [1.807, 2.05) is 20.9 Å². The van der Waals surface area contributed by atoms with Gasteiger partial charge in [0.25, 0.3) is 11.5 Å². The quantitative estimate of drug-likeness (QED) is 0.413. The van der Waals surface area contributed by atoms with E-state index in [2.05, 4.69) is 31.1 Å². The van der Waals surface area contributed by atoms with Gasteiger partial charge in [0, 0.05) is 43.7 Å². The van der Waals surface area contributed by atoms with Gasteiger partial charge in [0.1, 0.15) is 22.9 Å². The van der Waals surface area contributed by atoms with Crippen LogP contribution < -0.4 is 21.5 Å². The normalized spacial score (nSPS) is 13.3. The molecule has 1 aliphatic rings. The smallest absolute Gasteiger partial charge is 0.280 e. The van der Waals surface area contributed by atoms with Crippen molar-refractivity contribution in [3.63, 3.8) is 0 Å². The minimum atomic E-state index is -0.258. The van der Waals surface area contributed by atoms with Crippen molar-refractivity contribution in [2.75, 3.05) is 17.7 Å². The number of amides is 1. The fraction of sp³-hybridized carbons (Fsp3) is 0.318. The Bertz CT molecular complexity index is 1440. The van der Waals surface area contributed by atoms with Gasteiger partial charge < -0.3 is 16.0 Å². The van der Waals surface area contributed by atoms with Crippen molar-refractivity contribution in [3.05, 3.63) is 57.8 Å². The van der Waals surface area contributed by atoms with Gasteiger partial charge in [0.2, 0.25) is 0 Å². The highest BCUT2D eigenvalue weighted by molar-refractivity contribution is 6.00. The van der Waals surface area contributed by atoms with E-state index in [4.69, 9.17) is 0 Å². The molecule has 1 amide bonds. The molecule has 5 rings (SSSR count). The monoisotopic (exact) mass is 447 g/mol. The first-order valence-corrected chi connectivity index (χ1v) is 10.7. The Morgan fingerprint density at radius 1 is 1.24 bits per heavy atom. The maximum atomic E-state index is 13.2. The molecule has 3 N–H and O–H groups in total. The fourth-order valence-electron chi connectivity index (χ4n) is 3.68. The Balaban J connectivity index is 1.54. The SMILES string of the molecule is CNc1cc(Nc2cccn(-c3nn(C)c(C)c3C)c2=O)nc2c(C(=O)NC3CC3)cnn12. The molecule has 0 radical (unpaired) electrons. The number of nitrogens with zero attached hydrogens (tertiary/aromatic N) is 6. The van der Waals surface area contributed by atoms with Crippen molar-refractivity contribution >= 4 is 28.9 Å². The summed E-state index contributed by atoms with van der Waals surface area (Å²) in [4.78, 5) is 30.5. The van der Waals surface area contributed by atoms with Gasteiger partial charge in [-0.2, -0.15) is 14.7 Å². The molecule has 0 atom stereocenters. The third kappa shape index (κ3) is 3.60. The van der Waals surface area contributed by atoms with Crippen LogP contribution in [0.3, 0.4) is 0 Å². The Labute approximate surface area is 189 Å². The minimum Gasteiger partial charge on any atom is -0.373 e. The zero-order valence-electron chi connectivity index (χ0n) is 18.9. The molecule has 4 heterocycles. The number of pyridine rings is 1. The lowest BCUT2D eigenvalue weighted by molar-refractivity contribution is 0.0952. The zero-order valence-corrected chi connectivity index (χ0v) is 18.9. The van der Waals surface area contributed by atoms with Crippen molar-refractivity contribution in [2.24, 2.45) is 7.05 Å². The summed E-state index contributed by atoms with van der Waals surface area (Å²) in [6.07, 6.45) is 5.17. The summed E-state index contributed by atoms with van der Waals surface area (Å²) >= 11 is 0. The molecule has 1 aliphatic carbocycles. The summed E-state index contributed by atoms with van der Waals surface area (Å²) in [5.41, 5.74) is 2.77. The largest absolute Gasteiger partial charge is 0.373 e. The van der Waals surface area contributed by atoms with Crippen LogP contribution in [0.25, 0.3) is 11.5 Å². The molecule has 0 unspecified atom stereocenters. The van der Waals surface area contributed by atoms with E-state index in [9.17, 15) is 9.59 Å². The predicted octanol–water partition coefficient (Wildman–Crippen LogP) is 1.91. The first-order chi connectivity index (χ1) is 15.9. The lowest BCUT2D eigenvalue weighted by atomic mass is 10.2. The second-order valence-electron chi connectivity index (χ2n) is 8.20. The van der Waals surface area contributed by atoms with Crippen molar-refractivity contribution < 1.29 is 4.79 Å². The topological polar surface area (TPSA) is 123 Å². The maximum absolute atomic E-state index is 13.2. The van der Waals surface area contributed by atoms with Gasteiger partial charge in [-0.15, -0.1) is 0 Å². The number of hydrogen-bond acceptors (Lipinski definition) is 7. The van der Waals surface area contributed by atoms with Crippen LogP contribution in [-0.2, 0) is 7.05 Å². The van der Waals surface area contributed by atoms with Crippen LogP contribution in [0.1, 0.15) is 34.5 Å². The fourth-order valence-corrected chi connectivity index (χ4v) is 3.68. The number of hydrogen-bond donors (Lipinski definition) is 3. The second kappa shape index (κ2) is 7.76. The van der Waals surface area contributed by atoms with Gasteiger partial charge in [-0.25, -0.2) is 4.98 Å². The van der Waals surface area contributed by atoms with Crippen LogP contribution in [0.2, 0.25) is 0 Å². The number of nitrogens with one attached hydrogen (secondary N) is 3. The van der Waals surface area contributed by atoms with Crippen molar-refractivity contribution in [1.82, 2.24) is 34.3 Å². The lowest BCUT2D eigenvalue weighted by Crippen LogP contribution is -2.25. The Morgan fingerprint density at radius 2 is 2.03 bits per heavy atom.